The van der Waals surface area contributed by atoms with Crippen molar-refractivity contribution in [1.82, 2.24) is 5.32 Å². The Hall–Kier alpha value is -0.0000000000000000555. The van der Waals surface area contributed by atoms with Crippen LogP contribution in [0, 0.1) is 11.3 Å². The van der Waals surface area contributed by atoms with Crippen LogP contribution in [-0.4, -0.2) is 30.5 Å². The molecule has 2 fully saturated rings. The first-order valence-corrected chi connectivity index (χ1v) is 4.44. The lowest BCUT2D eigenvalue weighted by Gasteiger charge is -2.34. The SMILES string of the molecule is Cl.OC1CNCC1(C1CC1)C(F)(F)F. The number of halogens is 4. The van der Waals surface area contributed by atoms with Crippen LogP contribution in [0.5, 0.6) is 0 Å². The van der Waals surface area contributed by atoms with E-state index < -0.39 is 17.7 Å². The van der Waals surface area contributed by atoms with Crippen LogP contribution in [0.4, 0.5) is 13.2 Å². The Bertz CT molecular complexity index is 219. The molecule has 1 aliphatic heterocycles. The average molecular weight is 232 g/mol. The van der Waals surface area contributed by atoms with Crippen LogP contribution in [0.3, 0.4) is 0 Å². The van der Waals surface area contributed by atoms with Gasteiger partial charge in [-0.2, -0.15) is 13.2 Å². The molecular weight excluding hydrogens is 219 g/mol. The first-order valence-electron chi connectivity index (χ1n) is 4.44. The minimum absolute atomic E-state index is 0. The highest BCUT2D eigenvalue weighted by molar-refractivity contribution is 5.85. The second kappa shape index (κ2) is 3.54. The number of β-amino-alcohol motifs (C(OH)–C–C–N with tert-alkyl or cyclic N) is 1. The van der Waals surface area contributed by atoms with Crippen molar-refractivity contribution < 1.29 is 18.3 Å². The second-order valence-electron chi connectivity index (χ2n) is 3.96. The summed E-state index contributed by atoms with van der Waals surface area (Å²) in [6.45, 7) is -0.0572. The van der Waals surface area contributed by atoms with E-state index in [9.17, 15) is 18.3 Å². The Balaban J connectivity index is 0.000000980. The molecule has 84 valence electrons. The van der Waals surface area contributed by atoms with Gasteiger partial charge < -0.3 is 10.4 Å². The Morgan fingerprint density at radius 3 is 2.14 bits per heavy atom. The van der Waals surface area contributed by atoms with Crippen LogP contribution < -0.4 is 5.32 Å². The summed E-state index contributed by atoms with van der Waals surface area (Å²) in [7, 11) is 0. The summed E-state index contributed by atoms with van der Waals surface area (Å²) < 4.78 is 38.3. The minimum atomic E-state index is -4.28. The van der Waals surface area contributed by atoms with Crippen LogP contribution in [0.2, 0.25) is 0 Å². The van der Waals surface area contributed by atoms with Crippen LogP contribution in [-0.2, 0) is 0 Å². The molecule has 0 aromatic carbocycles. The van der Waals surface area contributed by atoms with Crippen LogP contribution in [0.15, 0.2) is 0 Å². The lowest BCUT2D eigenvalue weighted by atomic mass is 9.79. The van der Waals surface area contributed by atoms with Gasteiger partial charge >= 0.3 is 6.18 Å². The molecule has 14 heavy (non-hydrogen) atoms. The molecule has 2 rings (SSSR count). The number of aliphatic hydroxyl groups is 1. The van der Waals surface area contributed by atoms with Gasteiger partial charge in [0.2, 0.25) is 0 Å². The maximum Gasteiger partial charge on any atom is 0.398 e. The zero-order valence-corrected chi connectivity index (χ0v) is 8.29. The Labute approximate surface area is 86.3 Å². The second-order valence-corrected chi connectivity index (χ2v) is 3.96. The van der Waals surface area contributed by atoms with E-state index in [2.05, 4.69) is 5.32 Å². The molecule has 1 aliphatic carbocycles. The number of rotatable bonds is 1. The molecule has 2 atom stereocenters. The smallest absolute Gasteiger partial charge is 0.391 e. The van der Waals surface area contributed by atoms with Crippen molar-refractivity contribution in [3.8, 4) is 0 Å². The Kier molecular flexibility index (Phi) is 3.05. The molecule has 2 nitrogen and oxygen atoms in total. The molecule has 0 bridgehead atoms. The maximum absolute atomic E-state index is 12.8. The molecule has 1 saturated heterocycles. The fourth-order valence-electron chi connectivity index (χ4n) is 2.25. The van der Waals surface area contributed by atoms with E-state index in [4.69, 9.17) is 0 Å². The van der Waals surface area contributed by atoms with Crippen LogP contribution >= 0.6 is 12.4 Å². The van der Waals surface area contributed by atoms with Gasteiger partial charge in [-0.15, -0.1) is 12.4 Å². The molecule has 1 saturated carbocycles. The third-order valence-corrected chi connectivity index (χ3v) is 3.18. The molecular formula is C8H13ClF3NO. The zero-order valence-electron chi connectivity index (χ0n) is 7.47. The van der Waals surface area contributed by atoms with Gasteiger partial charge in [0.05, 0.1) is 6.10 Å². The third-order valence-electron chi connectivity index (χ3n) is 3.18. The van der Waals surface area contributed by atoms with Crippen molar-refractivity contribution in [2.75, 3.05) is 13.1 Å². The Morgan fingerprint density at radius 2 is 1.86 bits per heavy atom. The number of hydrogen-bond acceptors (Lipinski definition) is 2. The van der Waals surface area contributed by atoms with Gasteiger partial charge in [-0.05, 0) is 18.8 Å². The topological polar surface area (TPSA) is 32.3 Å². The van der Waals surface area contributed by atoms with E-state index in [-0.39, 0.29) is 31.4 Å². The van der Waals surface area contributed by atoms with E-state index in [1.165, 1.54) is 0 Å². The third kappa shape index (κ3) is 1.51. The van der Waals surface area contributed by atoms with Crippen molar-refractivity contribution in [1.29, 1.82) is 0 Å². The molecule has 2 aliphatic rings. The standard InChI is InChI=1S/C8H12F3NO.ClH/c9-8(10,11)7(5-1-2-5)4-12-3-6(7)13;/h5-6,12-13H,1-4H2;1H. The normalized spacial score (nSPS) is 38.1. The van der Waals surface area contributed by atoms with Gasteiger partial charge in [-0.1, -0.05) is 0 Å². The van der Waals surface area contributed by atoms with Gasteiger partial charge in [0.15, 0.2) is 0 Å². The molecule has 0 spiro atoms. The highest BCUT2D eigenvalue weighted by atomic mass is 35.5. The number of alkyl halides is 3. The molecule has 2 N–H and O–H groups in total. The summed E-state index contributed by atoms with van der Waals surface area (Å²) in [4.78, 5) is 0. The van der Waals surface area contributed by atoms with Crippen LogP contribution in [0.25, 0.3) is 0 Å². The largest absolute Gasteiger partial charge is 0.398 e. The van der Waals surface area contributed by atoms with Crippen molar-refractivity contribution in [2.24, 2.45) is 11.3 Å². The summed E-state index contributed by atoms with van der Waals surface area (Å²) in [5.74, 6) is -0.363. The molecule has 0 radical (unpaired) electrons. The highest BCUT2D eigenvalue weighted by Gasteiger charge is 2.67. The van der Waals surface area contributed by atoms with Gasteiger partial charge in [-0.3, -0.25) is 0 Å². The lowest BCUT2D eigenvalue weighted by molar-refractivity contribution is -0.249. The lowest BCUT2D eigenvalue weighted by Crippen LogP contribution is -2.49. The predicted molar refractivity (Wildman–Crippen MR) is 47.3 cm³/mol. The van der Waals surface area contributed by atoms with Crippen molar-refractivity contribution >= 4 is 12.4 Å². The maximum atomic E-state index is 12.8. The first-order chi connectivity index (χ1) is 5.98. The summed E-state index contributed by atoms with van der Waals surface area (Å²) in [6, 6.07) is 0. The van der Waals surface area contributed by atoms with E-state index in [1.54, 1.807) is 0 Å². The van der Waals surface area contributed by atoms with E-state index >= 15 is 0 Å². The summed E-state index contributed by atoms with van der Waals surface area (Å²) >= 11 is 0. The van der Waals surface area contributed by atoms with E-state index in [0.29, 0.717) is 12.8 Å². The molecule has 0 amide bonds. The van der Waals surface area contributed by atoms with Crippen molar-refractivity contribution in [3.05, 3.63) is 0 Å². The first kappa shape index (κ1) is 12.1. The van der Waals surface area contributed by atoms with Gasteiger partial charge in [0.1, 0.15) is 5.41 Å². The quantitative estimate of drug-likeness (QED) is 0.714. The zero-order chi connectivity index (χ0) is 9.69. The monoisotopic (exact) mass is 231 g/mol. The molecule has 0 aromatic rings. The summed E-state index contributed by atoms with van der Waals surface area (Å²) in [5.41, 5.74) is -1.85. The summed E-state index contributed by atoms with van der Waals surface area (Å²) in [5, 5.41) is 12.0. The predicted octanol–water partition coefficient (Wildman–Crippen LogP) is 1.33. The minimum Gasteiger partial charge on any atom is -0.391 e. The van der Waals surface area contributed by atoms with Gasteiger partial charge in [-0.25, -0.2) is 0 Å². The average Bonchev–Trinajstić information content (AvgIpc) is 2.74. The highest BCUT2D eigenvalue weighted by Crippen LogP contribution is 2.57. The summed E-state index contributed by atoms with van der Waals surface area (Å²) in [6.07, 6.45) is -4.35. The van der Waals surface area contributed by atoms with E-state index in [1.807, 2.05) is 0 Å². The Morgan fingerprint density at radius 1 is 1.29 bits per heavy atom. The number of aliphatic hydroxyl groups excluding tert-OH is 1. The van der Waals surface area contributed by atoms with Crippen molar-refractivity contribution in [2.45, 2.75) is 25.1 Å². The number of hydrogen-bond donors (Lipinski definition) is 2. The van der Waals surface area contributed by atoms with Crippen LogP contribution in [0.1, 0.15) is 12.8 Å². The molecule has 0 aromatic heterocycles. The van der Waals surface area contributed by atoms with Crippen molar-refractivity contribution in [3.63, 3.8) is 0 Å². The molecule has 2 unspecified atom stereocenters. The molecule has 1 heterocycles. The fraction of sp³-hybridized carbons (Fsp3) is 1.00. The van der Waals surface area contributed by atoms with Gasteiger partial charge in [0.25, 0.3) is 0 Å². The van der Waals surface area contributed by atoms with E-state index in [0.717, 1.165) is 0 Å². The number of nitrogens with one attached hydrogen (secondary N) is 1. The fourth-order valence-corrected chi connectivity index (χ4v) is 2.25. The molecule has 6 heteroatoms. The van der Waals surface area contributed by atoms with Gasteiger partial charge in [0, 0.05) is 13.1 Å².